The summed E-state index contributed by atoms with van der Waals surface area (Å²) in [6.45, 7) is 5.91. The zero-order valence-electron chi connectivity index (χ0n) is 19.1. The Balaban J connectivity index is 1.60. The molecule has 0 radical (unpaired) electrons. The Kier molecular flexibility index (Phi) is 5.31. The van der Waals surface area contributed by atoms with Crippen molar-refractivity contribution in [2.75, 3.05) is 5.73 Å². The van der Waals surface area contributed by atoms with E-state index in [4.69, 9.17) is 10.3 Å². The lowest BCUT2D eigenvalue weighted by Crippen LogP contribution is -2.13. The molecule has 3 aromatic heterocycles. The number of rotatable bonds is 4. The third-order valence-corrected chi connectivity index (χ3v) is 5.85. The average Bonchev–Trinajstić information content (AvgIpc) is 3.46. The van der Waals surface area contributed by atoms with Crippen molar-refractivity contribution in [2.24, 2.45) is 0 Å². The number of fused-ring (bicyclic) bond motifs is 1. The van der Waals surface area contributed by atoms with Crippen LogP contribution in [0.15, 0.2) is 59.1 Å². The molecule has 5 aromatic rings. The van der Waals surface area contributed by atoms with Gasteiger partial charge in [0, 0.05) is 22.9 Å². The Labute approximate surface area is 198 Å². The van der Waals surface area contributed by atoms with E-state index in [0.29, 0.717) is 22.7 Å². The van der Waals surface area contributed by atoms with Crippen LogP contribution in [-0.4, -0.2) is 24.7 Å². The van der Waals surface area contributed by atoms with Crippen LogP contribution in [0.4, 0.5) is 18.9 Å². The highest BCUT2D eigenvalue weighted by atomic mass is 19.4. The van der Waals surface area contributed by atoms with E-state index < -0.39 is 11.9 Å². The number of anilines is 1. The Hall–Kier alpha value is -4.21. The minimum atomic E-state index is -4.66. The molecule has 0 fully saturated rings. The van der Waals surface area contributed by atoms with Crippen LogP contribution in [0, 0.1) is 6.92 Å². The van der Waals surface area contributed by atoms with Gasteiger partial charge >= 0.3 is 6.18 Å². The maximum absolute atomic E-state index is 14.0. The highest BCUT2D eigenvalue weighted by Gasteiger charge is 2.35. The Bertz CT molecular complexity index is 1530. The van der Waals surface area contributed by atoms with Crippen molar-refractivity contribution >= 4 is 11.3 Å². The van der Waals surface area contributed by atoms with E-state index in [1.54, 1.807) is 30.3 Å². The van der Waals surface area contributed by atoms with E-state index >= 15 is 0 Å². The Morgan fingerprint density at radius 3 is 2.40 bits per heavy atom. The number of nitrogens with zero attached hydrogens (tertiary/aromatic N) is 5. The number of nitrogens with two attached hydrogens (primary N) is 1. The van der Waals surface area contributed by atoms with E-state index in [9.17, 15) is 13.2 Å². The number of nitrogen functional groups attached to an aromatic ring is 1. The van der Waals surface area contributed by atoms with Crippen molar-refractivity contribution in [2.45, 2.75) is 32.9 Å². The SMILES string of the molecule is Cc1c(N)cccc1-c1noc(-c2cc3nc(-c4ccc(C(C)C)cc4)cc(C(F)(F)F)n3n2)n1. The second-order valence-electron chi connectivity index (χ2n) is 8.54. The molecule has 0 bridgehead atoms. The van der Waals surface area contributed by atoms with E-state index in [2.05, 4.69) is 20.2 Å². The fourth-order valence-electron chi connectivity index (χ4n) is 3.80. The van der Waals surface area contributed by atoms with Gasteiger partial charge in [-0.2, -0.15) is 23.3 Å². The smallest absolute Gasteiger partial charge is 0.398 e. The number of alkyl halides is 3. The minimum absolute atomic E-state index is 0.0117. The largest absolute Gasteiger partial charge is 0.433 e. The number of hydrogen-bond donors (Lipinski definition) is 1. The molecule has 0 unspecified atom stereocenters. The quantitative estimate of drug-likeness (QED) is 0.312. The van der Waals surface area contributed by atoms with Crippen LogP contribution in [-0.2, 0) is 6.18 Å². The molecular formula is C25H21F3N6O. The summed E-state index contributed by atoms with van der Waals surface area (Å²) < 4.78 is 47.9. The predicted octanol–water partition coefficient (Wildman–Crippen LogP) is 6.15. The standard InChI is InChI=1S/C25H21F3N6O/c1-13(2)15-7-9-16(10-8-15)19-11-21(25(26,27)28)34-22(30-19)12-20(32-34)24-31-23(33-35-24)17-5-4-6-18(29)14(17)3/h4-13H,29H2,1-3H3. The average molecular weight is 478 g/mol. The first kappa shape index (κ1) is 22.6. The van der Waals surface area contributed by atoms with Crippen LogP contribution >= 0.6 is 0 Å². The molecular weight excluding hydrogens is 457 g/mol. The molecule has 5 rings (SSSR count). The van der Waals surface area contributed by atoms with Gasteiger partial charge in [0.2, 0.25) is 5.82 Å². The van der Waals surface area contributed by atoms with Crippen LogP contribution in [0.5, 0.6) is 0 Å². The maximum atomic E-state index is 14.0. The molecule has 0 atom stereocenters. The second-order valence-corrected chi connectivity index (χ2v) is 8.54. The van der Waals surface area contributed by atoms with E-state index in [0.717, 1.165) is 21.7 Å². The fraction of sp³-hybridized carbons (Fsp3) is 0.200. The highest BCUT2D eigenvalue weighted by Crippen LogP contribution is 2.34. The molecule has 10 heteroatoms. The van der Waals surface area contributed by atoms with Gasteiger partial charge in [0.05, 0.1) is 5.69 Å². The van der Waals surface area contributed by atoms with Crippen molar-refractivity contribution in [1.29, 1.82) is 0 Å². The molecule has 178 valence electrons. The van der Waals surface area contributed by atoms with Gasteiger partial charge in [0.1, 0.15) is 0 Å². The summed E-state index contributed by atoms with van der Waals surface area (Å²) in [4.78, 5) is 8.75. The van der Waals surface area contributed by atoms with Gasteiger partial charge < -0.3 is 10.3 Å². The zero-order valence-corrected chi connectivity index (χ0v) is 19.1. The molecule has 0 saturated carbocycles. The fourth-order valence-corrected chi connectivity index (χ4v) is 3.80. The van der Waals surface area contributed by atoms with E-state index in [1.807, 2.05) is 32.9 Å². The number of aromatic nitrogens is 5. The van der Waals surface area contributed by atoms with E-state index in [-0.39, 0.29) is 28.8 Å². The molecule has 7 nitrogen and oxygen atoms in total. The summed E-state index contributed by atoms with van der Waals surface area (Å²) in [5, 5.41) is 8.04. The minimum Gasteiger partial charge on any atom is -0.398 e. The molecule has 0 spiro atoms. The van der Waals surface area contributed by atoms with Crippen molar-refractivity contribution in [3.05, 3.63) is 71.4 Å². The number of halogens is 3. The van der Waals surface area contributed by atoms with Crippen molar-refractivity contribution < 1.29 is 17.7 Å². The van der Waals surface area contributed by atoms with Crippen LogP contribution < -0.4 is 5.73 Å². The van der Waals surface area contributed by atoms with Crippen molar-refractivity contribution in [3.8, 4) is 34.2 Å². The van der Waals surface area contributed by atoms with Crippen molar-refractivity contribution in [1.82, 2.24) is 24.7 Å². The summed E-state index contributed by atoms with van der Waals surface area (Å²) >= 11 is 0. The predicted molar refractivity (Wildman–Crippen MR) is 125 cm³/mol. The van der Waals surface area contributed by atoms with Gasteiger partial charge in [0.25, 0.3) is 5.89 Å². The van der Waals surface area contributed by atoms with Gasteiger partial charge in [-0.15, -0.1) is 0 Å². The lowest BCUT2D eigenvalue weighted by molar-refractivity contribution is -0.142. The maximum Gasteiger partial charge on any atom is 0.433 e. The molecule has 35 heavy (non-hydrogen) atoms. The third kappa shape index (κ3) is 4.11. The number of hydrogen-bond acceptors (Lipinski definition) is 6. The normalized spacial score (nSPS) is 12.1. The van der Waals surface area contributed by atoms with Gasteiger partial charge in [-0.25, -0.2) is 9.50 Å². The Morgan fingerprint density at radius 1 is 0.971 bits per heavy atom. The zero-order chi connectivity index (χ0) is 24.9. The first-order chi connectivity index (χ1) is 16.6. The highest BCUT2D eigenvalue weighted by molar-refractivity contribution is 5.69. The lowest BCUT2D eigenvalue weighted by atomic mass is 10.0. The lowest BCUT2D eigenvalue weighted by Gasteiger charge is -2.11. The molecule has 0 aliphatic rings. The molecule has 3 heterocycles. The summed E-state index contributed by atoms with van der Waals surface area (Å²) in [5.74, 6) is 0.540. The molecule has 0 amide bonds. The van der Waals surface area contributed by atoms with Gasteiger partial charge in [0.15, 0.2) is 17.0 Å². The van der Waals surface area contributed by atoms with Crippen LogP contribution in [0.2, 0.25) is 0 Å². The summed E-state index contributed by atoms with van der Waals surface area (Å²) in [6.07, 6.45) is -4.66. The molecule has 0 aliphatic heterocycles. The first-order valence-corrected chi connectivity index (χ1v) is 10.9. The van der Waals surface area contributed by atoms with Gasteiger partial charge in [-0.1, -0.05) is 55.4 Å². The molecule has 0 aliphatic carbocycles. The first-order valence-electron chi connectivity index (χ1n) is 10.9. The second kappa shape index (κ2) is 8.23. The monoisotopic (exact) mass is 478 g/mol. The number of benzene rings is 2. The van der Waals surface area contributed by atoms with Crippen molar-refractivity contribution in [3.63, 3.8) is 0 Å². The van der Waals surface area contributed by atoms with Crippen LogP contribution in [0.3, 0.4) is 0 Å². The van der Waals surface area contributed by atoms with Crippen LogP contribution in [0.25, 0.3) is 39.9 Å². The third-order valence-electron chi connectivity index (χ3n) is 5.85. The molecule has 0 saturated heterocycles. The topological polar surface area (TPSA) is 95.1 Å². The summed E-state index contributed by atoms with van der Waals surface area (Å²) in [7, 11) is 0. The summed E-state index contributed by atoms with van der Waals surface area (Å²) in [5.41, 5.74) is 8.92. The molecule has 2 aromatic carbocycles. The van der Waals surface area contributed by atoms with Crippen LogP contribution in [0.1, 0.15) is 36.6 Å². The van der Waals surface area contributed by atoms with E-state index in [1.165, 1.54) is 6.07 Å². The van der Waals surface area contributed by atoms with Gasteiger partial charge in [-0.05, 0) is 36.1 Å². The summed E-state index contributed by atoms with van der Waals surface area (Å²) in [6, 6.07) is 15.0. The molecule has 2 N–H and O–H groups in total. The Morgan fingerprint density at radius 2 is 1.71 bits per heavy atom. The van der Waals surface area contributed by atoms with Gasteiger partial charge in [-0.3, -0.25) is 0 Å².